The molecule has 0 radical (unpaired) electrons. The highest BCUT2D eigenvalue weighted by Gasteiger charge is 2.06. The van der Waals surface area contributed by atoms with Gasteiger partial charge < -0.3 is 10.0 Å². The molecule has 1 aromatic rings. The molecule has 0 saturated carbocycles. The minimum Gasteiger partial charge on any atom is -0.427 e. The van der Waals surface area contributed by atoms with Gasteiger partial charge in [-0.2, -0.15) is 0 Å². The number of aryl methyl sites for hydroxylation is 1. The van der Waals surface area contributed by atoms with Gasteiger partial charge in [0.05, 0.1) is 0 Å². The van der Waals surface area contributed by atoms with Gasteiger partial charge >= 0.3 is 7.12 Å². The zero-order valence-electron chi connectivity index (χ0n) is 7.28. The van der Waals surface area contributed by atoms with Crippen molar-refractivity contribution in [1.82, 2.24) is 0 Å². The molecule has 0 unspecified atom stereocenters. The van der Waals surface area contributed by atoms with Crippen molar-refractivity contribution in [2.24, 2.45) is 0 Å². The van der Waals surface area contributed by atoms with Gasteiger partial charge in [0.2, 0.25) is 0 Å². The van der Waals surface area contributed by atoms with Gasteiger partial charge in [-0.05, 0) is 24.4 Å². The van der Waals surface area contributed by atoms with Crippen LogP contribution < -0.4 is 0 Å². The lowest BCUT2D eigenvalue weighted by Gasteiger charge is -2.02. The van der Waals surface area contributed by atoms with E-state index in [-0.39, 0.29) is 0 Å². The van der Waals surface area contributed by atoms with E-state index in [9.17, 15) is 0 Å². The number of hydrogen-bond acceptors (Lipinski definition) is 2. The van der Waals surface area contributed by atoms with Crippen LogP contribution in [0.3, 0.4) is 0 Å². The van der Waals surface area contributed by atoms with Crippen LogP contribution in [-0.4, -0.2) is 17.2 Å². The summed E-state index contributed by atoms with van der Waals surface area (Å²) in [6.45, 7) is 0. The van der Waals surface area contributed by atoms with Gasteiger partial charge in [0.25, 0.3) is 0 Å². The van der Waals surface area contributed by atoms with E-state index in [1.54, 1.807) is 0 Å². The largest absolute Gasteiger partial charge is 0.451 e. The summed E-state index contributed by atoms with van der Waals surface area (Å²) in [6.07, 6.45) is 1.92. The van der Waals surface area contributed by atoms with Gasteiger partial charge in [-0.3, -0.25) is 0 Å². The average Bonchev–Trinajstić information content (AvgIpc) is 2.08. The van der Waals surface area contributed by atoms with Crippen LogP contribution in [0.4, 0.5) is 0 Å². The standard InChI is InChI=1S/C9H12BClO2/c11-9-6-2-1-4-8(9)5-3-7-10(12)13/h1-2,4,6,12-13H,3,5,7H2. The fraction of sp³-hybridized carbons (Fsp3) is 0.333. The molecular weight excluding hydrogens is 186 g/mol. The van der Waals surface area contributed by atoms with Crippen LogP contribution in [0, 0.1) is 0 Å². The topological polar surface area (TPSA) is 40.5 Å². The third-order valence-corrected chi connectivity index (χ3v) is 2.24. The molecule has 2 N–H and O–H groups in total. The first-order chi connectivity index (χ1) is 6.20. The molecule has 0 amide bonds. The first kappa shape index (κ1) is 10.6. The molecule has 0 aliphatic rings. The van der Waals surface area contributed by atoms with Crippen LogP contribution in [0.5, 0.6) is 0 Å². The number of rotatable bonds is 4. The van der Waals surface area contributed by atoms with Crippen molar-refractivity contribution < 1.29 is 10.0 Å². The van der Waals surface area contributed by atoms with E-state index < -0.39 is 7.12 Å². The van der Waals surface area contributed by atoms with E-state index in [1.807, 2.05) is 24.3 Å². The van der Waals surface area contributed by atoms with Gasteiger partial charge in [-0.25, -0.2) is 0 Å². The Bertz CT molecular complexity index is 266. The molecule has 0 heterocycles. The van der Waals surface area contributed by atoms with E-state index in [0.717, 1.165) is 23.4 Å². The fourth-order valence-electron chi connectivity index (χ4n) is 1.18. The summed E-state index contributed by atoms with van der Waals surface area (Å²) in [5.41, 5.74) is 1.06. The van der Waals surface area contributed by atoms with Crippen LogP contribution in [0.1, 0.15) is 12.0 Å². The van der Waals surface area contributed by atoms with Crippen LogP contribution in [-0.2, 0) is 6.42 Å². The number of benzene rings is 1. The van der Waals surface area contributed by atoms with Crippen molar-refractivity contribution in [3.63, 3.8) is 0 Å². The molecule has 1 aromatic carbocycles. The van der Waals surface area contributed by atoms with Crippen LogP contribution in [0.15, 0.2) is 24.3 Å². The maximum atomic E-state index is 8.62. The van der Waals surface area contributed by atoms with Crippen LogP contribution >= 0.6 is 11.6 Å². The molecule has 0 fully saturated rings. The molecule has 0 aliphatic carbocycles. The Morgan fingerprint density at radius 1 is 1.23 bits per heavy atom. The smallest absolute Gasteiger partial charge is 0.427 e. The maximum Gasteiger partial charge on any atom is 0.451 e. The third kappa shape index (κ3) is 3.81. The maximum absolute atomic E-state index is 8.62. The molecule has 0 aromatic heterocycles. The zero-order chi connectivity index (χ0) is 9.68. The van der Waals surface area contributed by atoms with Crippen molar-refractivity contribution >= 4 is 18.7 Å². The summed E-state index contributed by atoms with van der Waals surface area (Å²) in [7, 11) is -1.21. The van der Waals surface area contributed by atoms with Gasteiger partial charge in [-0.1, -0.05) is 36.2 Å². The minimum atomic E-state index is -1.21. The summed E-state index contributed by atoms with van der Waals surface area (Å²) >= 11 is 5.91. The molecule has 1 rings (SSSR count). The van der Waals surface area contributed by atoms with E-state index >= 15 is 0 Å². The SMILES string of the molecule is OB(O)CCCc1ccccc1Cl. The first-order valence-corrected chi connectivity index (χ1v) is 4.67. The Balaban J connectivity index is 2.41. The highest BCUT2D eigenvalue weighted by atomic mass is 35.5. The number of halogens is 1. The molecule has 0 bridgehead atoms. The molecule has 0 spiro atoms. The van der Waals surface area contributed by atoms with E-state index in [2.05, 4.69) is 0 Å². The molecule has 0 aliphatic heterocycles. The highest BCUT2D eigenvalue weighted by molar-refractivity contribution is 6.40. The van der Waals surface area contributed by atoms with Gasteiger partial charge in [0, 0.05) is 5.02 Å². The molecule has 2 nitrogen and oxygen atoms in total. The van der Waals surface area contributed by atoms with Crippen molar-refractivity contribution in [3.05, 3.63) is 34.9 Å². The Morgan fingerprint density at radius 3 is 2.54 bits per heavy atom. The van der Waals surface area contributed by atoms with Crippen molar-refractivity contribution in [3.8, 4) is 0 Å². The quantitative estimate of drug-likeness (QED) is 0.724. The normalized spacial score (nSPS) is 10.1. The summed E-state index contributed by atoms with van der Waals surface area (Å²) in [4.78, 5) is 0. The molecule has 4 heteroatoms. The van der Waals surface area contributed by atoms with E-state index in [1.165, 1.54) is 0 Å². The van der Waals surface area contributed by atoms with Crippen molar-refractivity contribution in [1.29, 1.82) is 0 Å². The minimum absolute atomic E-state index is 0.394. The Labute approximate surface area is 83.3 Å². The molecule has 0 atom stereocenters. The zero-order valence-corrected chi connectivity index (χ0v) is 8.04. The summed E-state index contributed by atoms with van der Waals surface area (Å²) in [5, 5.41) is 18.0. The van der Waals surface area contributed by atoms with Gasteiger partial charge in [-0.15, -0.1) is 0 Å². The van der Waals surface area contributed by atoms with Gasteiger partial charge in [0.15, 0.2) is 0 Å². The number of hydrogen-bond donors (Lipinski definition) is 2. The second-order valence-corrected chi connectivity index (χ2v) is 3.37. The molecule has 0 saturated heterocycles. The lowest BCUT2D eigenvalue weighted by molar-refractivity contribution is 0.403. The predicted molar refractivity (Wildman–Crippen MR) is 54.8 cm³/mol. The van der Waals surface area contributed by atoms with E-state index in [4.69, 9.17) is 21.6 Å². The molecule has 13 heavy (non-hydrogen) atoms. The Hall–Kier alpha value is -0.505. The monoisotopic (exact) mass is 198 g/mol. The second-order valence-electron chi connectivity index (χ2n) is 2.96. The first-order valence-electron chi connectivity index (χ1n) is 4.29. The summed E-state index contributed by atoms with van der Waals surface area (Å²) in [6, 6.07) is 7.60. The van der Waals surface area contributed by atoms with Crippen molar-refractivity contribution in [2.75, 3.05) is 0 Å². The second kappa shape index (κ2) is 5.27. The average molecular weight is 198 g/mol. The third-order valence-electron chi connectivity index (χ3n) is 1.87. The van der Waals surface area contributed by atoms with Crippen LogP contribution in [0.25, 0.3) is 0 Å². The molecular formula is C9H12BClO2. The Morgan fingerprint density at radius 2 is 1.92 bits per heavy atom. The predicted octanol–water partition coefficient (Wildman–Crippen LogP) is 1.75. The van der Waals surface area contributed by atoms with Crippen LogP contribution in [0.2, 0.25) is 11.3 Å². The Kier molecular flexibility index (Phi) is 4.29. The lowest BCUT2D eigenvalue weighted by atomic mass is 9.83. The fourth-order valence-corrected chi connectivity index (χ4v) is 1.41. The van der Waals surface area contributed by atoms with Crippen molar-refractivity contribution in [2.45, 2.75) is 19.2 Å². The summed E-state index contributed by atoms with van der Waals surface area (Å²) in [5.74, 6) is 0. The lowest BCUT2D eigenvalue weighted by Crippen LogP contribution is -2.09. The molecule has 70 valence electrons. The highest BCUT2D eigenvalue weighted by Crippen LogP contribution is 2.17. The van der Waals surface area contributed by atoms with Gasteiger partial charge in [0.1, 0.15) is 0 Å². The summed E-state index contributed by atoms with van der Waals surface area (Å²) < 4.78 is 0. The van der Waals surface area contributed by atoms with E-state index in [0.29, 0.717) is 6.32 Å².